The van der Waals surface area contributed by atoms with Crippen LogP contribution in [-0.2, 0) is 11.3 Å². The second-order valence-electron chi connectivity index (χ2n) is 5.07. The van der Waals surface area contributed by atoms with Gasteiger partial charge in [-0.15, -0.1) is 0 Å². The molecule has 1 aliphatic carbocycles. The van der Waals surface area contributed by atoms with Crippen LogP contribution in [-0.4, -0.2) is 11.9 Å². The third-order valence-electron chi connectivity index (χ3n) is 3.53. The van der Waals surface area contributed by atoms with Gasteiger partial charge in [0.05, 0.1) is 0 Å². The zero-order valence-electron chi connectivity index (χ0n) is 10.6. The van der Waals surface area contributed by atoms with Crippen LogP contribution in [0.4, 0.5) is 4.39 Å². The van der Waals surface area contributed by atoms with Crippen molar-refractivity contribution in [1.82, 2.24) is 5.32 Å². The Hall–Kier alpha value is -1.42. The molecule has 1 aliphatic rings. The minimum absolute atomic E-state index is 0.0431. The Bertz CT molecular complexity index is 447. The zero-order valence-corrected chi connectivity index (χ0v) is 10.6. The smallest absolute Gasteiger partial charge is 0.223 e. The first-order chi connectivity index (χ1) is 8.56. The van der Waals surface area contributed by atoms with Gasteiger partial charge in [-0.25, -0.2) is 4.39 Å². The Morgan fingerprint density at radius 3 is 2.89 bits per heavy atom. The minimum atomic E-state index is -0.216. The van der Waals surface area contributed by atoms with Gasteiger partial charge in [0.2, 0.25) is 5.91 Å². The Balaban J connectivity index is 1.87. The molecule has 1 saturated carbocycles. The number of halogens is 1. The van der Waals surface area contributed by atoms with Gasteiger partial charge in [-0.3, -0.25) is 4.79 Å². The summed E-state index contributed by atoms with van der Waals surface area (Å²) >= 11 is 0. The summed E-state index contributed by atoms with van der Waals surface area (Å²) in [6.07, 6.45) is 2.57. The van der Waals surface area contributed by atoms with Gasteiger partial charge < -0.3 is 11.1 Å². The van der Waals surface area contributed by atoms with Crippen molar-refractivity contribution in [3.63, 3.8) is 0 Å². The van der Waals surface area contributed by atoms with E-state index in [2.05, 4.69) is 5.32 Å². The highest BCUT2D eigenvalue weighted by atomic mass is 19.1. The normalized spacial score (nSPS) is 23.1. The Morgan fingerprint density at radius 1 is 1.50 bits per heavy atom. The van der Waals surface area contributed by atoms with E-state index in [1.54, 1.807) is 19.1 Å². The quantitative estimate of drug-likeness (QED) is 0.860. The number of nitrogens with one attached hydrogen (secondary N) is 1. The molecule has 18 heavy (non-hydrogen) atoms. The average molecular weight is 250 g/mol. The number of benzene rings is 1. The minimum Gasteiger partial charge on any atom is -0.352 e. The van der Waals surface area contributed by atoms with Crippen LogP contribution >= 0.6 is 0 Å². The molecular weight excluding hydrogens is 231 g/mol. The van der Waals surface area contributed by atoms with E-state index < -0.39 is 0 Å². The summed E-state index contributed by atoms with van der Waals surface area (Å²) in [4.78, 5) is 11.9. The van der Waals surface area contributed by atoms with Crippen LogP contribution in [0.1, 0.15) is 30.4 Å². The summed E-state index contributed by atoms with van der Waals surface area (Å²) in [6.45, 7) is 2.17. The van der Waals surface area contributed by atoms with Crippen LogP contribution < -0.4 is 11.1 Å². The van der Waals surface area contributed by atoms with Crippen LogP contribution in [0.15, 0.2) is 18.2 Å². The van der Waals surface area contributed by atoms with E-state index in [1.165, 1.54) is 6.07 Å². The summed E-state index contributed by atoms with van der Waals surface area (Å²) in [5, 5.41) is 2.89. The number of amides is 1. The Labute approximate surface area is 107 Å². The maximum absolute atomic E-state index is 13.1. The van der Waals surface area contributed by atoms with Crippen molar-refractivity contribution in [2.24, 2.45) is 11.7 Å². The molecule has 0 radical (unpaired) electrons. The zero-order chi connectivity index (χ0) is 13.1. The third kappa shape index (κ3) is 3.07. The molecule has 0 heterocycles. The predicted molar refractivity (Wildman–Crippen MR) is 68.3 cm³/mol. The topological polar surface area (TPSA) is 55.1 Å². The lowest BCUT2D eigenvalue weighted by atomic mass is 10.1. The second kappa shape index (κ2) is 5.48. The molecule has 0 saturated heterocycles. The standard InChI is InChI=1S/C14H19FN2O/c1-9-6-10(2-5-13(9)15)8-17-14(18)11-3-4-12(16)7-11/h2,5-6,11-12H,3-4,7-8,16H2,1H3,(H,17,18). The van der Waals surface area contributed by atoms with Crippen molar-refractivity contribution >= 4 is 5.91 Å². The third-order valence-corrected chi connectivity index (χ3v) is 3.53. The van der Waals surface area contributed by atoms with Gasteiger partial charge in [0.1, 0.15) is 5.82 Å². The first-order valence-electron chi connectivity index (χ1n) is 6.34. The SMILES string of the molecule is Cc1cc(CNC(=O)C2CCC(N)C2)ccc1F. The van der Waals surface area contributed by atoms with Gasteiger partial charge in [0, 0.05) is 18.5 Å². The largest absolute Gasteiger partial charge is 0.352 e. The lowest BCUT2D eigenvalue weighted by Crippen LogP contribution is -2.30. The lowest BCUT2D eigenvalue weighted by molar-refractivity contribution is -0.125. The van der Waals surface area contributed by atoms with E-state index in [0.29, 0.717) is 12.1 Å². The second-order valence-corrected chi connectivity index (χ2v) is 5.07. The van der Waals surface area contributed by atoms with E-state index in [1.807, 2.05) is 0 Å². The van der Waals surface area contributed by atoms with Crippen LogP contribution in [0.3, 0.4) is 0 Å². The van der Waals surface area contributed by atoms with Gasteiger partial charge in [-0.2, -0.15) is 0 Å². The van der Waals surface area contributed by atoms with Crippen molar-refractivity contribution < 1.29 is 9.18 Å². The summed E-state index contributed by atoms with van der Waals surface area (Å²) < 4.78 is 13.1. The summed E-state index contributed by atoms with van der Waals surface area (Å²) in [6, 6.07) is 5.05. The van der Waals surface area contributed by atoms with Crippen molar-refractivity contribution in [3.05, 3.63) is 35.1 Å². The van der Waals surface area contributed by atoms with Gasteiger partial charge in [0.25, 0.3) is 0 Å². The predicted octanol–water partition coefficient (Wildman–Crippen LogP) is 1.88. The lowest BCUT2D eigenvalue weighted by Gasteiger charge is -2.11. The molecule has 2 rings (SSSR count). The molecule has 3 nitrogen and oxygen atoms in total. The van der Waals surface area contributed by atoms with E-state index >= 15 is 0 Å². The number of aryl methyl sites for hydroxylation is 1. The fourth-order valence-corrected chi connectivity index (χ4v) is 2.40. The van der Waals surface area contributed by atoms with Crippen molar-refractivity contribution in [2.45, 2.75) is 38.8 Å². The first-order valence-corrected chi connectivity index (χ1v) is 6.34. The van der Waals surface area contributed by atoms with Crippen molar-refractivity contribution in [2.75, 3.05) is 0 Å². The van der Waals surface area contributed by atoms with Gasteiger partial charge in [-0.05, 0) is 43.4 Å². The number of nitrogens with two attached hydrogens (primary N) is 1. The Morgan fingerprint density at radius 2 is 2.28 bits per heavy atom. The molecule has 2 unspecified atom stereocenters. The van der Waals surface area contributed by atoms with Crippen LogP contribution in [0.2, 0.25) is 0 Å². The van der Waals surface area contributed by atoms with Crippen molar-refractivity contribution in [3.8, 4) is 0 Å². The van der Waals surface area contributed by atoms with Gasteiger partial charge in [0.15, 0.2) is 0 Å². The molecule has 1 aromatic rings. The summed E-state index contributed by atoms with van der Waals surface area (Å²) in [5.41, 5.74) is 7.31. The fraction of sp³-hybridized carbons (Fsp3) is 0.500. The molecule has 0 aliphatic heterocycles. The molecule has 2 atom stereocenters. The van der Waals surface area contributed by atoms with Crippen molar-refractivity contribution in [1.29, 1.82) is 0 Å². The number of carbonyl (C=O) groups excluding carboxylic acids is 1. The maximum atomic E-state index is 13.1. The Kier molecular flexibility index (Phi) is 3.97. The molecule has 0 aromatic heterocycles. The van der Waals surface area contributed by atoms with Crippen LogP contribution in [0.25, 0.3) is 0 Å². The average Bonchev–Trinajstić information content (AvgIpc) is 2.77. The molecule has 0 bridgehead atoms. The fourth-order valence-electron chi connectivity index (χ4n) is 2.40. The van der Waals surface area contributed by atoms with Crippen LogP contribution in [0, 0.1) is 18.7 Å². The highest BCUT2D eigenvalue weighted by Crippen LogP contribution is 2.24. The van der Waals surface area contributed by atoms with E-state index in [9.17, 15) is 9.18 Å². The summed E-state index contributed by atoms with van der Waals surface area (Å²) in [7, 11) is 0. The molecular formula is C14H19FN2O. The van der Waals surface area contributed by atoms with E-state index in [0.717, 1.165) is 24.8 Å². The van der Waals surface area contributed by atoms with Gasteiger partial charge >= 0.3 is 0 Å². The number of rotatable bonds is 3. The molecule has 1 fully saturated rings. The first kappa shape index (κ1) is 13.0. The number of hydrogen-bond acceptors (Lipinski definition) is 2. The molecule has 4 heteroatoms. The highest BCUT2D eigenvalue weighted by Gasteiger charge is 2.27. The van der Waals surface area contributed by atoms with E-state index in [-0.39, 0.29) is 23.7 Å². The molecule has 1 aromatic carbocycles. The molecule has 98 valence electrons. The van der Waals surface area contributed by atoms with E-state index in [4.69, 9.17) is 5.73 Å². The number of carbonyl (C=O) groups is 1. The molecule has 3 N–H and O–H groups in total. The highest BCUT2D eigenvalue weighted by molar-refractivity contribution is 5.79. The molecule has 1 amide bonds. The monoisotopic (exact) mass is 250 g/mol. The van der Waals surface area contributed by atoms with Gasteiger partial charge in [-0.1, -0.05) is 12.1 Å². The number of hydrogen-bond donors (Lipinski definition) is 2. The summed E-state index contributed by atoms with van der Waals surface area (Å²) in [5.74, 6) is -0.113. The maximum Gasteiger partial charge on any atom is 0.223 e. The molecule has 0 spiro atoms. The van der Waals surface area contributed by atoms with Crippen LogP contribution in [0.5, 0.6) is 0 Å².